The van der Waals surface area contributed by atoms with Crippen LogP contribution in [0.5, 0.6) is 0 Å². The minimum atomic E-state index is -0.0628. The molecule has 0 radical (unpaired) electrons. The van der Waals surface area contributed by atoms with Crippen LogP contribution in [-0.2, 0) is 16.1 Å². The van der Waals surface area contributed by atoms with Crippen LogP contribution in [-0.4, -0.2) is 51.8 Å². The summed E-state index contributed by atoms with van der Waals surface area (Å²) in [6, 6.07) is 10.1. The molecule has 1 amide bonds. The van der Waals surface area contributed by atoms with E-state index in [4.69, 9.17) is 4.74 Å². The number of rotatable bonds is 6. The lowest BCUT2D eigenvalue weighted by Crippen LogP contribution is -2.31. The topological polar surface area (TPSA) is 60.2 Å². The van der Waals surface area contributed by atoms with E-state index in [0.717, 1.165) is 5.69 Å². The Morgan fingerprint density at radius 2 is 2.18 bits per heavy atom. The second kappa shape index (κ2) is 6.93. The number of benzene rings is 1. The number of aromatic nitrogens is 3. The zero-order valence-electron chi connectivity index (χ0n) is 12.4. The van der Waals surface area contributed by atoms with Crippen molar-refractivity contribution in [2.45, 2.75) is 11.9 Å². The lowest BCUT2D eigenvalue weighted by atomic mass is 10.2. The molecule has 1 atom stereocenters. The number of carbonyl (C=O) groups excluding carboxylic acids is 1. The van der Waals surface area contributed by atoms with E-state index < -0.39 is 0 Å². The number of hydrogen-bond donors (Lipinski definition) is 0. The molecule has 0 spiro atoms. The maximum atomic E-state index is 12.0. The van der Waals surface area contributed by atoms with Gasteiger partial charge in [-0.25, -0.2) is 4.68 Å². The zero-order chi connectivity index (χ0) is 15.4. The van der Waals surface area contributed by atoms with Crippen LogP contribution in [0.25, 0.3) is 0 Å². The third-order valence-corrected chi connectivity index (χ3v) is 4.73. The summed E-state index contributed by atoms with van der Waals surface area (Å²) in [4.78, 5) is 13.8. The molecule has 22 heavy (non-hydrogen) atoms. The van der Waals surface area contributed by atoms with Gasteiger partial charge in [-0.05, 0) is 5.56 Å². The van der Waals surface area contributed by atoms with Gasteiger partial charge in [0.1, 0.15) is 11.1 Å². The van der Waals surface area contributed by atoms with Gasteiger partial charge in [-0.3, -0.25) is 4.79 Å². The second-order valence-corrected chi connectivity index (χ2v) is 6.14. The summed E-state index contributed by atoms with van der Waals surface area (Å²) in [5.41, 5.74) is 1.99. The predicted octanol–water partition coefficient (Wildman–Crippen LogP) is 1.55. The molecule has 1 aliphatic rings. The Morgan fingerprint density at radius 3 is 2.95 bits per heavy atom. The normalized spacial score (nSPS) is 18.1. The molecule has 2 aromatic rings. The molecule has 1 aliphatic heterocycles. The van der Waals surface area contributed by atoms with E-state index in [1.165, 1.54) is 5.56 Å². The van der Waals surface area contributed by atoms with E-state index in [9.17, 15) is 4.79 Å². The van der Waals surface area contributed by atoms with Crippen molar-refractivity contribution in [3.8, 4) is 0 Å². The molecule has 7 heteroatoms. The summed E-state index contributed by atoms with van der Waals surface area (Å²) in [6.45, 7) is 1.79. The minimum absolute atomic E-state index is 0.0628. The molecule has 3 rings (SSSR count). The van der Waals surface area contributed by atoms with Crippen molar-refractivity contribution in [1.82, 2.24) is 19.9 Å². The van der Waals surface area contributed by atoms with Gasteiger partial charge in [0.25, 0.3) is 0 Å². The Morgan fingerprint density at radius 1 is 1.36 bits per heavy atom. The van der Waals surface area contributed by atoms with Crippen LogP contribution in [0.1, 0.15) is 16.6 Å². The fourth-order valence-corrected chi connectivity index (χ4v) is 3.55. The Balaban J connectivity index is 1.71. The van der Waals surface area contributed by atoms with Crippen LogP contribution in [0, 0.1) is 0 Å². The lowest BCUT2D eigenvalue weighted by Gasteiger charge is -2.21. The molecular formula is C15H18N4O2S. The summed E-state index contributed by atoms with van der Waals surface area (Å²) in [6.07, 6.45) is 1.92. The molecule has 116 valence electrons. The smallest absolute Gasteiger partial charge is 0.233 e. The number of thioether (sulfide) groups is 1. The minimum Gasteiger partial charge on any atom is -0.383 e. The van der Waals surface area contributed by atoms with Gasteiger partial charge in [0.2, 0.25) is 5.91 Å². The van der Waals surface area contributed by atoms with E-state index in [2.05, 4.69) is 22.4 Å². The average molecular weight is 318 g/mol. The summed E-state index contributed by atoms with van der Waals surface area (Å²) in [5.74, 6) is 0.615. The fraction of sp³-hybridized carbons (Fsp3) is 0.400. The molecule has 1 aromatic carbocycles. The highest BCUT2D eigenvalue weighted by Crippen LogP contribution is 2.37. The molecule has 1 unspecified atom stereocenters. The third-order valence-electron chi connectivity index (χ3n) is 3.50. The van der Waals surface area contributed by atoms with Gasteiger partial charge in [0.05, 0.1) is 25.1 Å². The number of hydrogen-bond acceptors (Lipinski definition) is 5. The van der Waals surface area contributed by atoms with Gasteiger partial charge >= 0.3 is 0 Å². The number of amides is 1. The van der Waals surface area contributed by atoms with Gasteiger partial charge in [0.15, 0.2) is 0 Å². The first kappa shape index (κ1) is 15.1. The largest absolute Gasteiger partial charge is 0.383 e. The fourth-order valence-electron chi connectivity index (χ4n) is 2.40. The highest BCUT2D eigenvalue weighted by molar-refractivity contribution is 8.00. The molecule has 1 aromatic heterocycles. The van der Waals surface area contributed by atoms with E-state index in [1.807, 2.05) is 34.0 Å². The Hall–Kier alpha value is -1.86. The van der Waals surface area contributed by atoms with Crippen LogP contribution in [0.4, 0.5) is 0 Å². The first-order valence-electron chi connectivity index (χ1n) is 7.12. The summed E-state index contributed by atoms with van der Waals surface area (Å²) >= 11 is 1.59. The van der Waals surface area contributed by atoms with Crippen LogP contribution in [0.2, 0.25) is 0 Å². The molecule has 0 bridgehead atoms. The van der Waals surface area contributed by atoms with Crippen molar-refractivity contribution < 1.29 is 9.53 Å². The zero-order valence-corrected chi connectivity index (χ0v) is 13.2. The first-order chi connectivity index (χ1) is 10.8. The first-order valence-corrected chi connectivity index (χ1v) is 8.17. The molecular weight excluding hydrogens is 300 g/mol. The SMILES string of the molecule is COCCN1C(=O)CSC1c1cn(Cc2ccccc2)nn1. The Labute approximate surface area is 133 Å². The van der Waals surface area contributed by atoms with Crippen LogP contribution < -0.4 is 0 Å². The van der Waals surface area contributed by atoms with Crippen molar-refractivity contribution in [2.24, 2.45) is 0 Å². The molecule has 1 saturated heterocycles. The van der Waals surface area contributed by atoms with Gasteiger partial charge in [0, 0.05) is 13.7 Å². The third kappa shape index (κ3) is 3.31. The maximum absolute atomic E-state index is 12.0. The highest BCUT2D eigenvalue weighted by Gasteiger charge is 2.34. The molecule has 0 aliphatic carbocycles. The lowest BCUT2D eigenvalue weighted by molar-refractivity contribution is -0.128. The van der Waals surface area contributed by atoms with Gasteiger partial charge in [-0.15, -0.1) is 16.9 Å². The van der Waals surface area contributed by atoms with Crippen LogP contribution in [0.15, 0.2) is 36.5 Å². The van der Waals surface area contributed by atoms with Crippen molar-refractivity contribution in [2.75, 3.05) is 26.0 Å². The molecule has 6 nitrogen and oxygen atoms in total. The maximum Gasteiger partial charge on any atom is 0.233 e. The van der Waals surface area contributed by atoms with Gasteiger partial charge < -0.3 is 9.64 Å². The van der Waals surface area contributed by atoms with Gasteiger partial charge in [-0.1, -0.05) is 35.5 Å². The molecule has 0 N–H and O–H groups in total. The number of nitrogens with zero attached hydrogens (tertiary/aromatic N) is 4. The molecule has 0 saturated carbocycles. The quantitative estimate of drug-likeness (QED) is 0.809. The van der Waals surface area contributed by atoms with Crippen molar-refractivity contribution >= 4 is 17.7 Å². The van der Waals surface area contributed by atoms with E-state index in [1.54, 1.807) is 18.9 Å². The standard InChI is InChI=1S/C15H18N4O2S/c1-21-8-7-19-14(20)11-22-15(19)13-10-18(17-16-13)9-12-5-3-2-4-6-12/h2-6,10,15H,7-9,11H2,1H3. The van der Waals surface area contributed by atoms with E-state index >= 15 is 0 Å². The summed E-state index contributed by atoms with van der Waals surface area (Å²) in [7, 11) is 1.64. The van der Waals surface area contributed by atoms with Crippen LogP contribution >= 0.6 is 11.8 Å². The molecule has 1 fully saturated rings. The summed E-state index contributed by atoms with van der Waals surface area (Å²) < 4.78 is 6.88. The number of ether oxygens (including phenoxy) is 1. The van der Waals surface area contributed by atoms with E-state index in [0.29, 0.717) is 25.4 Å². The highest BCUT2D eigenvalue weighted by atomic mass is 32.2. The van der Waals surface area contributed by atoms with Gasteiger partial charge in [-0.2, -0.15) is 0 Å². The van der Waals surface area contributed by atoms with Crippen molar-refractivity contribution in [3.63, 3.8) is 0 Å². The monoisotopic (exact) mass is 318 g/mol. The number of carbonyl (C=O) groups is 1. The Bertz CT molecular complexity index is 631. The van der Waals surface area contributed by atoms with Crippen LogP contribution in [0.3, 0.4) is 0 Å². The Kier molecular flexibility index (Phi) is 4.74. The van der Waals surface area contributed by atoms with Crippen molar-refractivity contribution in [3.05, 3.63) is 47.8 Å². The summed E-state index contributed by atoms with van der Waals surface area (Å²) in [5, 5.41) is 8.36. The molecule has 2 heterocycles. The van der Waals surface area contributed by atoms with E-state index in [-0.39, 0.29) is 11.3 Å². The predicted molar refractivity (Wildman–Crippen MR) is 84.4 cm³/mol. The van der Waals surface area contributed by atoms with Crippen molar-refractivity contribution in [1.29, 1.82) is 0 Å². The average Bonchev–Trinajstić information content (AvgIpc) is 3.13. The second-order valence-electron chi connectivity index (χ2n) is 5.07. The number of methoxy groups -OCH3 is 1.